The van der Waals surface area contributed by atoms with Crippen molar-refractivity contribution in [2.75, 3.05) is 39.3 Å². The highest BCUT2D eigenvalue weighted by Crippen LogP contribution is 2.08. The number of nitriles is 1. The minimum atomic E-state index is -3.35. The van der Waals surface area contributed by atoms with E-state index in [0.717, 1.165) is 39.1 Å². The second kappa shape index (κ2) is 11.6. The van der Waals surface area contributed by atoms with Gasteiger partial charge in [0.25, 0.3) is 0 Å². The van der Waals surface area contributed by atoms with Gasteiger partial charge in [-0.15, -0.1) is 24.8 Å². The summed E-state index contributed by atoms with van der Waals surface area (Å²) in [5, 5.41) is 12.1. The maximum absolute atomic E-state index is 12.0. The molecule has 0 bridgehead atoms. The molecule has 24 heavy (non-hydrogen) atoms. The zero-order chi connectivity index (χ0) is 15.8. The number of halogens is 2. The van der Waals surface area contributed by atoms with Crippen LogP contribution in [0.5, 0.6) is 0 Å². The highest BCUT2D eigenvalue weighted by Gasteiger charge is 2.12. The lowest BCUT2D eigenvalue weighted by Gasteiger charge is -2.27. The molecule has 0 amide bonds. The van der Waals surface area contributed by atoms with Gasteiger partial charge in [-0.2, -0.15) is 5.26 Å². The second-order valence-corrected chi connectivity index (χ2v) is 7.22. The normalized spacial score (nSPS) is 15.0. The van der Waals surface area contributed by atoms with Crippen molar-refractivity contribution in [2.45, 2.75) is 12.2 Å². The molecule has 9 heteroatoms. The largest absolute Gasteiger partial charge is 0.314 e. The molecular formula is C15H24Cl2N4O2S. The van der Waals surface area contributed by atoms with Crippen molar-refractivity contribution in [3.05, 3.63) is 35.4 Å². The van der Waals surface area contributed by atoms with Crippen molar-refractivity contribution in [1.82, 2.24) is 14.9 Å². The molecule has 1 aliphatic rings. The molecule has 1 aromatic carbocycles. The van der Waals surface area contributed by atoms with Crippen LogP contribution < -0.4 is 10.0 Å². The Labute approximate surface area is 156 Å². The lowest BCUT2D eigenvalue weighted by Crippen LogP contribution is -2.44. The smallest absolute Gasteiger partial charge is 0.215 e. The first-order valence-electron chi connectivity index (χ1n) is 7.48. The summed E-state index contributed by atoms with van der Waals surface area (Å²) < 4.78 is 26.7. The fraction of sp³-hybridized carbons (Fsp3) is 0.533. The zero-order valence-corrected chi connectivity index (χ0v) is 15.9. The van der Waals surface area contributed by atoms with E-state index in [4.69, 9.17) is 5.26 Å². The summed E-state index contributed by atoms with van der Waals surface area (Å²) in [7, 11) is -3.35. The van der Waals surface area contributed by atoms with Gasteiger partial charge in [-0.05, 0) is 30.7 Å². The van der Waals surface area contributed by atoms with Gasteiger partial charge in [0.1, 0.15) is 0 Å². The van der Waals surface area contributed by atoms with Crippen molar-refractivity contribution in [2.24, 2.45) is 0 Å². The zero-order valence-electron chi connectivity index (χ0n) is 13.4. The van der Waals surface area contributed by atoms with Gasteiger partial charge in [0.2, 0.25) is 10.0 Å². The Bertz CT molecular complexity index is 629. The maximum atomic E-state index is 12.0. The number of hydrogen-bond acceptors (Lipinski definition) is 5. The molecule has 0 radical (unpaired) electrons. The molecule has 2 rings (SSSR count). The van der Waals surface area contributed by atoms with Crippen LogP contribution in [0.4, 0.5) is 0 Å². The average Bonchev–Trinajstić information content (AvgIpc) is 2.52. The SMILES string of the molecule is Cl.Cl.N#Cc1cccc(CS(=O)(=O)NCCCN2CCNCC2)c1. The predicted molar refractivity (Wildman–Crippen MR) is 100 cm³/mol. The van der Waals surface area contributed by atoms with Gasteiger partial charge in [0.05, 0.1) is 17.4 Å². The number of nitrogens with zero attached hydrogens (tertiary/aromatic N) is 2. The first-order chi connectivity index (χ1) is 10.6. The molecule has 2 N–H and O–H groups in total. The number of hydrogen-bond donors (Lipinski definition) is 2. The molecule has 0 aromatic heterocycles. The molecule has 0 atom stereocenters. The van der Waals surface area contributed by atoms with E-state index < -0.39 is 10.0 Å². The van der Waals surface area contributed by atoms with Crippen molar-refractivity contribution in [1.29, 1.82) is 5.26 Å². The van der Waals surface area contributed by atoms with E-state index in [9.17, 15) is 8.42 Å². The van der Waals surface area contributed by atoms with Gasteiger partial charge < -0.3 is 10.2 Å². The predicted octanol–water partition coefficient (Wildman–Crippen LogP) is 1.12. The average molecular weight is 395 g/mol. The highest BCUT2D eigenvalue weighted by molar-refractivity contribution is 7.88. The first kappa shape index (κ1) is 23.1. The van der Waals surface area contributed by atoms with Gasteiger partial charge in [-0.1, -0.05) is 12.1 Å². The quantitative estimate of drug-likeness (QED) is 0.676. The van der Waals surface area contributed by atoms with Crippen LogP contribution in [0.25, 0.3) is 0 Å². The van der Waals surface area contributed by atoms with Gasteiger partial charge >= 0.3 is 0 Å². The van der Waals surface area contributed by atoms with Crippen molar-refractivity contribution < 1.29 is 8.42 Å². The summed E-state index contributed by atoms with van der Waals surface area (Å²) >= 11 is 0. The van der Waals surface area contributed by atoms with Crippen molar-refractivity contribution >= 4 is 34.8 Å². The molecule has 1 aliphatic heterocycles. The van der Waals surface area contributed by atoms with E-state index in [0.29, 0.717) is 17.7 Å². The van der Waals surface area contributed by atoms with Crippen LogP contribution in [0.3, 0.4) is 0 Å². The topological polar surface area (TPSA) is 85.2 Å². The number of piperazine rings is 1. The van der Waals surface area contributed by atoms with E-state index in [1.807, 2.05) is 6.07 Å². The maximum Gasteiger partial charge on any atom is 0.215 e. The van der Waals surface area contributed by atoms with Crippen LogP contribution in [0.2, 0.25) is 0 Å². The number of sulfonamides is 1. The van der Waals surface area contributed by atoms with Crippen molar-refractivity contribution in [3.63, 3.8) is 0 Å². The van der Waals surface area contributed by atoms with Crippen LogP contribution >= 0.6 is 24.8 Å². The molecule has 136 valence electrons. The van der Waals surface area contributed by atoms with E-state index in [2.05, 4.69) is 14.9 Å². The second-order valence-electron chi connectivity index (χ2n) is 5.41. The van der Waals surface area contributed by atoms with Gasteiger partial charge in [0, 0.05) is 32.7 Å². The summed E-state index contributed by atoms with van der Waals surface area (Å²) in [5.41, 5.74) is 1.11. The Morgan fingerprint density at radius 3 is 2.62 bits per heavy atom. The minimum absolute atomic E-state index is 0. The highest BCUT2D eigenvalue weighted by atomic mass is 35.5. The van der Waals surface area contributed by atoms with E-state index >= 15 is 0 Å². The third kappa shape index (κ3) is 8.29. The molecule has 0 spiro atoms. The van der Waals surface area contributed by atoms with Crippen LogP contribution in [-0.2, 0) is 15.8 Å². The Hall–Kier alpha value is -0.880. The summed E-state index contributed by atoms with van der Waals surface area (Å²) in [6.45, 7) is 5.40. The third-order valence-corrected chi connectivity index (χ3v) is 4.95. The standard InChI is InChI=1S/C15H22N4O2S.2ClH/c16-12-14-3-1-4-15(11-14)13-22(20,21)18-5-2-8-19-9-6-17-7-10-19;;/h1,3-4,11,17-18H,2,5-10,13H2;2*1H. The summed E-state index contributed by atoms with van der Waals surface area (Å²) in [6, 6.07) is 8.72. The molecule has 0 aliphatic carbocycles. The lowest BCUT2D eigenvalue weighted by atomic mass is 10.2. The van der Waals surface area contributed by atoms with Gasteiger partial charge in [-0.25, -0.2) is 13.1 Å². The number of nitrogens with one attached hydrogen (secondary N) is 2. The Morgan fingerprint density at radius 1 is 1.25 bits per heavy atom. The number of rotatable bonds is 7. The lowest BCUT2D eigenvalue weighted by molar-refractivity contribution is 0.239. The molecule has 1 saturated heterocycles. The fourth-order valence-corrected chi connectivity index (χ4v) is 3.64. The molecule has 0 unspecified atom stereocenters. The Balaban J connectivity index is 0.00000264. The monoisotopic (exact) mass is 394 g/mol. The Kier molecular flexibility index (Phi) is 11.2. The molecule has 6 nitrogen and oxygen atoms in total. The van der Waals surface area contributed by atoms with Crippen LogP contribution in [0.1, 0.15) is 17.5 Å². The minimum Gasteiger partial charge on any atom is -0.314 e. The Morgan fingerprint density at radius 2 is 1.96 bits per heavy atom. The van der Waals surface area contributed by atoms with Gasteiger partial charge in [-0.3, -0.25) is 0 Å². The number of benzene rings is 1. The van der Waals surface area contributed by atoms with Crippen LogP contribution in [0.15, 0.2) is 24.3 Å². The summed E-state index contributed by atoms with van der Waals surface area (Å²) in [6.07, 6.45) is 0.803. The molecule has 1 aromatic rings. The molecule has 1 fully saturated rings. The van der Waals surface area contributed by atoms with E-state index in [1.54, 1.807) is 24.3 Å². The third-order valence-electron chi connectivity index (χ3n) is 3.60. The molecule has 1 heterocycles. The fourth-order valence-electron chi connectivity index (χ4n) is 2.47. The summed E-state index contributed by atoms with van der Waals surface area (Å²) in [4.78, 5) is 2.33. The first-order valence-corrected chi connectivity index (χ1v) is 9.14. The van der Waals surface area contributed by atoms with Gasteiger partial charge in [0.15, 0.2) is 0 Å². The van der Waals surface area contributed by atoms with Crippen LogP contribution in [-0.4, -0.2) is 52.6 Å². The molecule has 0 saturated carbocycles. The molecular weight excluding hydrogens is 371 g/mol. The summed E-state index contributed by atoms with van der Waals surface area (Å²) in [5.74, 6) is -0.0871. The van der Waals surface area contributed by atoms with Crippen LogP contribution in [0, 0.1) is 11.3 Å². The van der Waals surface area contributed by atoms with E-state index in [1.165, 1.54) is 0 Å². The van der Waals surface area contributed by atoms with E-state index in [-0.39, 0.29) is 30.6 Å². The van der Waals surface area contributed by atoms with Crippen molar-refractivity contribution in [3.8, 4) is 6.07 Å².